The first-order valence-electron chi connectivity index (χ1n) is 22.9. The summed E-state index contributed by atoms with van der Waals surface area (Å²) < 4.78 is 63.7. The van der Waals surface area contributed by atoms with Gasteiger partial charge in [0.1, 0.15) is 42.0 Å². The molecule has 14 heteroatoms. The predicted molar refractivity (Wildman–Crippen MR) is 227 cm³/mol. The second-order valence-electron chi connectivity index (χ2n) is 19.0. The SMILES string of the molecule is CC[C@H](C)[C@H]1O[C@]2(C=C[C@@H]1C)C[C@@H]1C[C@@H](C/C=C(\C)[C@H](O[C@@H]3C[C@H](OC)[C@@H](O[C@H]4C[C@H](OC)[C@@H](O)[C@H](C)O4)[C@H](C)O3)[C@@H](C)/C=C/C=C3\CO[C@@H]4[C@H](O)C(C)=C[C@@H](C(=O)O1)[C@]34O)O2. The Labute approximate surface area is 367 Å². The van der Waals surface area contributed by atoms with Crippen LogP contribution in [0.25, 0.3) is 0 Å². The first kappa shape index (κ1) is 47.6. The van der Waals surface area contributed by atoms with Gasteiger partial charge in [-0.25, -0.2) is 0 Å². The van der Waals surface area contributed by atoms with Crippen LogP contribution in [-0.4, -0.2) is 139 Å². The highest BCUT2D eigenvalue weighted by Gasteiger charge is 2.60. The smallest absolute Gasteiger partial charge is 0.316 e. The van der Waals surface area contributed by atoms with Crippen LogP contribution in [0.1, 0.15) is 93.9 Å². The molecule has 4 fully saturated rings. The van der Waals surface area contributed by atoms with E-state index in [4.69, 9.17) is 47.4 Å². The molecule has 0 radical (unpaired) electrons. The molecule has 0 aromatic carbocycles. The summed E-state index contributed by atoms with van der Waals surface area (Å²) in [4.78, 5) is 14.3. The number of esters is 1. The minimum absolute atomic E-state index is 0.0317. The van der Waals surface area contributed by atoms with Crippen LogP contribution in [0.4, 0.5) is 0 Å². The molecule has 0 aromatic heterocycles. The number of ether oxygens (including phenoxy) is 10. The summed E-state index contributed by atoms with van der Waals surface area (Å²) in [7, 11) is 3.22. The summed E-state index contributed by atoms with van der Waals surface area (Å²) in [5, 5.41) is 34.2. The van der Waals surface area contributed by atoms with Crippen molar-refractivity contribution in [3.63, 3.8) is 0 Å². The van der Waals surface area contributed by atoms with Gasteiger partial charge in [-0.1, -0.05) is 70.6 Å². The van der Waals surface area contributed by atoms with Gasteiger partial charge >= 0.3 is 5.97 Å². The van der Waals surface area contributed by atoms with Gasteiger partial charge in [0.25, 0.3) is 0 Å². The molecule has 7 aliphatic rings. The van der Waals surface area contributed by atoms with Crippen molar-refractivity contribution in [1.82, 2.24) is 0 Å². The van der Waals surface area contributed by atoms with Crippen molar-refractivity contribution in [2.45, 2.75) is 191 Å². The molecule has 348 valence electrons. The zero-order valence-corrected chi connectivity index (χ0v) is 38.2. The van der Waals surface area contributed by atoms with E-state index >= 15 is 0 Å². The molecule has 20 atom stereocenters. The van der Waals surface area contributed by atoms with Gasteiger partial charge in [-0.2, -0.15) is 0 Å². The van der Waals surface area contributed by atoms with Gasteiger partial charge < -0.3 is 62.7 Å². The standard InChI is InChI=1S/C48H72O14/c1-11-25(2)43-28(5)17-18-47(62-43)23-34-20-33(61-47)16-15-27(4)42(26(3)13-12-14-32-24-55-45-40(49)29(6)19-35(46(51)58-34)48(32,45)52)59-39-22-37(54-10)44(31(8)57-39)60-38-21-36(53-9)41(50)30(7)56-38/h12-15,17-19,25-26,28,30-31,33-45,49-50,52H,11,16,20-24H2,1-10H3/b13-12+,27-15+,32-14+/t25-,26-,28-,30-,31-,33+,34-,35-,36-,37-,38-,39+,40+,41-,42+,43+,44-,45+,47+,48+/m0/s1. The Hall–Kier alpha value is -2.31. The Morgan fingerprint density at radius 3 is 2.32 bits per heavy atom. The van der Waals surface area contributed by atoms with E-state index in [0.717, 1.165) is 12.0 Å². The topological polar surface area (TPSA) is 170 Å². The van der Waals surface area contributed by atoms with Crippen LogP contribution in [0.5, 0.6) is 0 Å². The van der Waals surface area contributed by atoms with Crippen LogP contribution in [-0.2, 0) is 52.2 Å². The number of methoxy groups -OCH3 is 2. The van der Waals surface area contributed by atoms with E-state index in [2.05, 4.69) is 39.8 Å². The van der Waals surface area contributed by atoms with E-state index in [0.29, 0.717) is 43.3 Å². The molecular formula is C48H72O14. The van der Waals surface area contributed by atoms with Crippen molar-refractivity contribution in [3.8, 4) is 0 Å². The Balaban J connectivity index is 1.18. The molecule has 14 nitrogen and oxygen atoms in total. The molecule has 4 saturated heterocycles. The van der Waals surface area contributed by atoms with Crippen molar-refractivity contribution in [1.29, 1.82) is 0 Å². The molecule has 0 aromatic rings. The maximum Gasteiger partial charge on any atom is 0.316 e. The third kappa shape index (κ3) is 9.64. The number of aliphatic hydroxyl groups is 3. The Bertz CT molecular complexity index is 1730. The fourth-order valence-corrected chi connectivity index (χ4v) is 10.6. The second-order valence-corrected chi connectivity index (χ2v) is 19.0. The molecule has 0 amide bonds. The van der Waals surface area contributed by atoms with Gasteiger partial charge in [0.15, 0.2) is 18.4 Å². The summed E-state index contributed by atoms with van der Waals surface area (Å²) in [5.74, 6) is -2.56. The van der Waals surface area contributed by atoms with Crippen molar-refractivity contribution < 1.29 is 67.5 Å². The Kier molecular flexibility index (Phi) is 15.1. The number of allylic oxidation sites excluding steroid dienone is 2. The summed E-state index contributed by atoms with van der Waals surface area (Å²) in [6, 6.07) is 0. The largest absolute Gasteiger partial charge is 0.462 e. The van der Waals surface area contributed by atoms with Crippen LogP contribution >= 0.6 is 0 Å². The molecule has 6 heterocycles. The van der Waals surface area contributed by atoms with E-state index < -0.39 is 90.8 Å². The van der Waals surface area contributed by atoms with Crippen molar-refractivity contribution in [2.75, 3.05) is 20.8 Å². The minimum atomic E-state index is -1.84. The summed E-state index contributed by atoms with van der Waals surface area (Å²) in [6.45, 7) is 16.1. The normalized spacial score (nSPS) is 49.1. The highest BCUT2D eigenvalue weighted by Crippen LogP contribution is 2.47. The van der Waals surface area contributed by atoms with Crippen LogP contribution in [0.3, 0.4) is 0 Å². The molecule has 2 bridgehead atoms. The number of fused-ring (bicyclic) bond motifs is 2. The molecule has 62 heavy (non-hydrogen) atoms. The lowest BCUT2D eigenvalue weighted by atomic mass is 9.71. The van der Waals surface area contributed by atoms with Gasteiger partial charge in [0.05, 0.1) is 49.3 Å². The highest BCUT2D eigenvalue weighted by atomic mass is 16.7. The molecule has 3 N–H and O–H groups in total. The number of hydrogen-bond acceptors (Lipinski definition) is 14. The second kappa shape index (κ2) is 19.7. The van der Waals surface area contributed by atoms with Crippen molar-refractivity contribution in [3.05, 3.63) is 59.3 Å². The highest BCUT2D eigenvalue weighted by molar-refractivity contribution is 5.78. The third-order valence-electron chi connectivity index (χ3n) is 14.5. The Morgan fingerprint density at radius 2 is 1.60 bits per heavy atom. The number of aliphatic hydroxyl groups excluding tert-OH is 2. The van der Waals surface area contributed by atoms with Gasteiger partial charge in [-0.05, 0) is 62.8 Å². The molecule has 1 aliphatic carbocycles. The average molecular weight is 873 g/mol. The van der Waals surface area contributed by atoms with Crippen molar-refractivity contribution >= 4 is 5.97 Å². The van der Waals surface area contributed by atoms with Gasteiger partial charge in [-0.15, -0.1) is 0 Å². The number of carbonyl (C=O) groups is 1. The molecule has 7 rings (SSSR count). The van der Waals surface area contributed by atoms with Gasteiger partial charge in [-0.3, -0.25) is 4.79 Å². The molecule has 1 spiro atoms. The van der Waals surface area contributed by atoms with E-state index in [-0.39, 0.29) is 42.7 Å². The minimum Gasteiger partial charge on any atom is -0.462 e. The van der Waals surface area contributed by atoms with Crippen LogP contribution < -0.4 is 0 Å². The van der Waals surface area contributed by atoms with Gasteiger partial charge in [0.2, 0.25) is 0 Å². The van der Waals surface area contributed by atoms with Crippen LogP contribution in [0, 0.1) is 23.7 Å². The van der Waals surface area contributed by atoms with E-state index in [1.54, 1.807) is 40.2 Å². The number of carbonyl (C=O) groups excluding carboxylic acids is 1. The fraction of sp³-hybridized carbons (Fsp3) is 0.771. The van der Waals surface area contributed by atoms with E-state index in [1.165, 1.54) is 0 Å². The third-order valence-corrected chi connectivity index (χ3v) is 14.5. The zero-order valence-electron chi connectivity index (χ0n) is 38.2. The summed E-state index contributed by atoms with van der Waals surface area (Å²) in [6.07, 6.45) is 8.55. The Morgan fingerprint density at radius 1 is 0.887 bits per heavy atom. The van der Waals surface area contributed by atoms with E-state index in [1.807, 2.05) is 32.1 Å². The number of rotatable bonds is 8. The predicted octanol–water partition coefficient (Wildman–Crippen LogP) is 5.38. The molecule has 0 unspecified atom stereocenters. The van der Waals surface area contributed by atoms with Crippen LogP contribution in [0.15, 0.2) is 59.3 Å². The molecule has 0 saturated carbocycles. The lowest BCUT2D eigenvalue weighted by Crippen LogP contribution is -2.58. The number of hydrogen-bond donors (Lipinski definition) is 3. The first-order chi connectivity index (χ1) is 29.5. The summed E-state index contributed by atoms with van der Waals surface area (Å²) in [5.41, 5.74) is 0.134. The molecular weight excluding hydrogens is 801 g/mol. The molecule has 6 aliphatic heterocycles. The average Bonchev–Trinajstić information content (AvgIpc) is 3.58. The monoisotopic (exact) mass is 872 g/mol. The quantitative estimate of drug-likeness (QED) is 0.210. The lowest BCUT2D eigenvalue weighted by molar-refractivity contribution is -0.318. The maximum atomic E-state index is 14.3. The zero-order chi connectivity index (χ0) is 44.7. The summed E-state index contributed by atoms with van der Waals surface area (Å²) >= 11 is 0. The fourth-order valence-electron chi connectivity index (χ4n) is 10.6. The van der Waals surface area contributed by atoms with Gasteiger partial charge in [0, 0.05) is 51.7 Å². The maximum absolute atomic E-state index is 14.3. The first-order valence-corrected chi connectivity index (χ1v) is 22.9. The van der Waals surface area contributed by atoms with Crippen molar-refractivity contribution in [2.24, 2.45) is 23.7 Å². The van der Waals surface area contributed by atoms with E-state index in [9.17, 15) is 20.1 Å². The van der Waals surface area contributed by atoms with Crippen LogP contribution in [0.2, 0.25) is 0 Å². The lowest BCUT2D eigenvalue weighted by Gasteiger charge is -2.48.